The number of benzene rings is 1. The summed E-state index contributed by atoms with van der Waals surface area (Å²) in [6.45, 7) is 3.08. The van der Waals surface area contributed by atoms with Crippen LogP contribution in [0.25, 0.3) is 0 Å². The summed E-state index contributed by atoms with van der Waals surface area (Å²) in [5.41, 5.74) is 6.79. The highest BCUT2D eigenvalue weighted by molar-refractivity contribution is 5.98. The van der Waals surface area contributed by atoms with Gasteiger partial charge in [-0.2, -0.15) is 0 Å². The van der Waals surface area contributed by atoms with Gasteiger partial charge in [-0.25, -0.2) is 0 Å². The zero-order valence-corrected chi connectivity index (χ0v) is 8.69. The van der Waals surface area contributed by atoms with E-state index in [9.17, 15) is 4.79 Å². The highest BCUT2D eigenvalue weighted by Gasteiger charge is 2.24. The molecular weight excluding hydrogens is 192 g/mol. The summed E-state index contributed by atoms with van der Waals surface area (Å²) in [7, 11) is 0. The van der Waals surface area contributed by atoms with Gasteiger partial charge in [0.2, 0.25) is 0 Å². The van der Waals surface area contributed by atoms with E-state index in [-0.39, 0.29) is 5.91 Å². The second-order valence-corrected chi connectivity index (χ2v) is 3.60. The van der Waals surface area contributed by atoms with Gasteiger partial charge in [0.05, 0.1) is 5.56 Å². The number of nitrogens with zero attached hydrogens (tertiary/aromatic N) is 1. The van der Waals surface area contributed by atoms with Crippen LogP contribution in [0.5, 0.6) is 5.75 Å². The predicted molar refractivity (Wildman–Crippen MR) is 57.7 cm³/mol. The van der Waals surface area contributed by atoms with Crippen LogP contribution >= 0.6 is 0 Å². The highest BCUT2D eigenvalue weighted by Crippen LogP contribution is 2.26. The molecule has 0 saturated heterocycles. The molecule has 80 valence electrons. The van der Waals surface area contributed by atoms with Crippen LogP contribution in [0.3, 0.4) is 0 Å². The lowest BCUT2D eigenvalue weighted by Crippen LogP contribution is -2.39. The first-order chi connectivity index (χ1) is 7.22. The molecule has 1 heterocycles. The normalized spacial score (nSPS) is 14.7. The third-order valence-electron chi connectivity index (χ3n) is 2.39. The zero-order valence-electron chi connectivity index (χ0n) is 8.69. The molecule has 1 amide bonds. The van der Waals surface area contributed by atoms with E-state index in [4.69, 9.17) is 10.5 Å². The molecular formula is C11H14N2O2. The Morgan fingerprint density at radius 3 is 3.07 bits per heavy atom. The Bertz CT molecular complexity index is 390. The minimum Gasteiger partial charge on any atom is -0.472 e. The van der Waals surface area contributed by atoms with Crippen LogP contribution in [0.4, 0.5) is 5.69 Å². The van der Waals surface area contributed by atoms with Gasteiger partial charge in [0.15, 0.2) is 6.73 Å². The molecule has 4 heteroatoms. The number of fused-ring (bicyclic) bond motifs is 1. The Morgan fingerprint density at radius 2 is 2.33 bits per heavy atom. The quantitative estimate of drug-likeness (QED) is 0.745. The van der Waals surface area contributed by atoms with Gasteiger partial charge in [0.25, 0.3) is 5.91 Å². The molecule has 0 radical (unpaired) electrons. The van der Waals surface area contributed by atoms with E-state index < -0.39 is 0 Å². The van der Waals surface area contributed by atoms with Crippen molar-refractivity contribution in [3.63, 3.8) is 0 Å². The van der Waals surface area contributed by atoms with E-state index in [1.807, 2.05) is 6.92 Å². The summed E-state index contributed by atoms with van der Waals surface area (Å²) < 4.78 is 5.46. The van der Waals surface area contributed by atoms with Gasteiger partial charge in [0, 0.05) is 12.2 Å². The summed E-state index contributed by atoms with van der Waals surface area (Å²) in [5, 5.41) is 0. The molecule has 0 spiro atoms. The molecule has 0 saturated carbocycles. The fourth-order valence-corrected chi connectivity index (χ4v) is 1.65. The van der Waals surface area contributed by atoms with Crippen molar-refractivity contribution in [2.75, 3.05) is 19.0 Å². The second-order valence-electron chi connectivity index (χ2n) is 3.60. The van der Waals surface area contributed by atoms with Crippen LogP contribution in [0.1, 0.15) is 23.7 Å². The van der Waals surface area contributed by atoms with E-state index in [1.54, 1.807) is 23.1 Å². The summed E-state index contributed by atoms with van der Waals surface area (Å²) in [5.74, 6) is 0.631. The molecule has 4 nitrogen and oxygen atoms in total. The molecule has 0 aliphatic carbocycles. The number of hydrogen-bond acceptors (Lipinski definition) is 3. The van der Waals surface area contributed by atoms with Crippen molar-refractivity contribution in [2.45, 2.75) is 13.3 Å². The first-order valence-corrected chi connectivity index (χ1v) is 5.04. The molecule has 15 heavy (non-hydrogen) atoms. The molecule has 1 aliphatic heterocycles. The lowest BCUT2D eigenvalue weighted by Gasteiger charge is -2.28. The first-order valence-electron chi connectivity index (χ1n) is 5.04. The van der Waals surface area contributed by atoms with Crippen LogP contribution < -0.4 is 10.5 Å². The van der Waals surface area contributed by atoms with Crippen LogP contribution in [-0.2, 0) is 0 Å². The largest absolute Gasteiger partial charge is 0.472 e. The molecule has 0 atom stereocenters. The topological polar surface area (TPSA) is 55.6 Å². The highest BCUT2D eigenvalue weighted by atomic mass is 16.5. The Labute approximate surface area is 88.6 Å². The number of anilines is 1. The van der Waals surface area contributed by atoms with Crippen LogP contribution in [0.15, 0.2) is 18.2 Å². The molecule has 1 aromatic rings. The monoisotopic (exact) mass is 206 g/mol. The third-order valence-corrected chi connectivity index (χ3v) is 2.39. The van der Waals surface area contributed by atoms with E-state index >= 15 is 0 Å². The maximum Gasteiger partial charge on any atom is 0.260 e. The Balaban J connectivity index is 2.32. The van der Waals surface area contributed by atoms with Gasteiger partial charge in [0.1, 0.15) is 5.75 Å². The van der Waals surface area contributed by atoms with E-state index in [2.05, 4.69) is 0 Å². The minimum atomic E-state index is 0.00500. The molecule has 2 rings (SSSR count). The maximum atomic E-state index is 11.9. The molecule has 0 fully saturated rings. The van der Waals surface area contributed by atoms with Gasteiger partial charge in [-0.1, -0.05) is 6.92 Å². The third kappa shape index (κ3) is 1.75. The van der Waals surface area contributed by atoms with Gasteiger partial charge < -0.3 is 15.4 Å². The van der Waals surface area contributed by atoms with Crippen molar-refractivity contribution in [3.8, 4) is 5.75 Å². The lowest BCUT2D eigenvalue weighted by atomic mass is 10.1. The summed E-state index contributed by atoms with van der Waals surface area (Å²) in [4.78, 5) is 13.6. The number of nitrogens with two attached hydrogens (primary N) is 1. The fraction of sp³-hybridized carbons (Fsp3) is 0.364. The second kappa shape index (κ2) is 3.81. The number of carbonyl (C=O) groups excluding carboxylic acids is 1. The van der Waals surface area contributed by atoms with Crippen LogP contribution in [0, 0.1) is 0 Å². The summed E-state index contributed by atoms with van der Waals surface area (Å²) >= 11 is 0. The van der Waals surface area contributed by atoms with Gasteiger partial charge in [-0.3, -0.25) is 4.79 Å². The van der Waals surface area contributed by atoms with Crippen molar-refractivity contribution in [1.82, 2.24) is 4.90 Å². The van der Waals surface area contributed by atoms with E-state index in [1.165, 1.54) is 0 Å². The van der Waals surface area contributed by atoms with Crippen LogP contribution in [-0.4, -0.2) is 24.1 Å². The molecule has 0 aromatic heterocycles. The van der Waals surface area contributed by atoms with Crippen molar-refractivity contribution in [2.24, 2.45) is 0 Å². The average Bonchev–Trinajstić information content (AvgIpc) is 2.23. The summed E-state index contributed by atoms with van der Waals surface area (Å²) in [6, 6.07) is 5.15. The first kappa shape index (κ1) is 9.83. The standard InChI is InChI=1S/C11H14N2O2/c1-2-5-13-7-15-10-4-3-8(12)6-9(10)11(13)14/h3-4,6H,2,5,7,12H2,1H3. The number of ether oxygens (including phenoxy) is 1. The van der Waals surface area contributed by atoms with Crippen molar-refractivity contribution < 1.29 is 9.53 Å². The maximum absolute atomic E-state index is 11.9. The Kier molecular flexibility index (Phi) is 2.49. The van der Waals surface area contributed by atoms with Crippen LogP contribution in [0.2, 0.25) is 0 Å². The van der Waals surface area contributed by atoms with E-state index in [0.717, 1.165) is 6.42 Å². The molecule has 1 aromatic carbocycles. The fourth-order valence-electron chi connectivity index (χ4n) is 1.65. The Hall–Kier alpha value is -1.71. The van der Waals surface area contributed by atoms with Gasteiger partial charge in [-0.05, 0) is 24.6 Å². The molecule has 0 bridgehead atoms. The summed E-state index contributed by atoms with van der Waals surface area (Å²) in [6.07, 6.45) is 0.923. The van der Waals surface area contributed by atoms with Crippen molar-refractivity contribution in [1.29, 1.82) is 0 Å². The van der Waals surface area contributed by atoms with E-state index in [0.29, 0.717) is 30.3 Å². The number of hydrogen-bond donors (Lipinski definition) is 1. The van der Waals surface area contributed by atoms with Crippen molar-refractivity contribution in [3.05, 3.63) is 23.8 Å². The van der Waals surface area contributed by atoms with Gasteiger partial charge in [-0.15, -0.1) is 0 Å². The smallest absolute Gasteiger partial charge is 0.260 e. The Morgan fingerprint density at radius 1 is 1.53 bits per heavy atom. The molecule has 0 unspecified atom stereocenters. The predicted octanol–water partition coefficient (Wildman–Crippen LogP) is 1.47. The average molecular weight is 206 g/mol. The zero-order chi connectivity index (χ0) is 10.8. The molecule has 1 aliphatic rings. The number of rotatable bonds is 2. The van der Waals surface area contributed by atoms with Crippen molar-refractivity contribution >= 4 is 11.6 Å². The molecule has 2 N–H and O–H groups in total. The number of amides is 1. The minimum absolute atomic E-state index is 0.00500. The SMILES string of the molecule is CCCN1COc2ccc(N)cc2C1=O. The number of carbonyl (C=O) groups is 1. The number of nitrogen functional groups attached to an aromatic ring is 1. The lowest BCUT2D eigenvalue weighted by molar-refractivity contribution is 0.0522. The van der Waals surface area contributed by atoms with Gasteiger partial charge >= 0.3 is 0 Å².